The first kappa shape index (κ1) is 15.5. The van der Waals surface area contributed by atoms with E-state index in [-0.39, 0.29) is 11.6 Å². The van der Waals surface area contributed by atoms with Gasteiger partial charge in [0.15, 0.2) is 0 Å². The number of hydrogen-bond acceptors (Lipinski definition) is 2. The normalized spacial score (nSPS) is 13.2. The Kier molecular flexibility index (Phi) is 4.33. The Labute approximate surface area is 125 Å². The van der Waals surface area contributed by atoms with Crippen molar-refractivity contribution < 1.29 is 5.11 Å². The lowest BCUT2D eigenvalue weighted by atomic mass is 9.98. The zero-order valence-corrected chi connectivity index (χ0v) is 13.1. The number of pyridine rings is 1. The summed E-state index contributed by atoms with van der Waals surface area (Å²) in [6.07, 6.45) is 0.856. The smallest absolute Gasteiger partial charge is 0.257 e. The van der Waals surface area contributed by atoms with Crippen LogP contribution in [-0.4, -0.2) is 9.67 Å². The maximum atomic E-state index is 12.8. The Bertz CT molecular complexity index is 666. The van der Waals surface area contributed by atoms with Crippen molar-refractivity contribution >= 4 is 0 Å². The first-order chi connectivity index (χ1) is 9.86. The number of nitrogens with zero attached hydrogens (tertiary/aromatic N) is 1. The van der Waals surface area contributed by atoms with Crippen LogP contribution in [0.5, 0.6) is 0 Å². The van der Waals surface area contributed by atoms with Gasteiger partial charge in [-0.15, -0.1) is 0 Å². The summed E-state index contributed by atoms with van der Waals surface area (Å²) in [6, 6.07) is 13.6. The molecule has 0 amide bonds. The topological polar surface area (TPSA) is 42.2 Å². The highest BCUT2D eigenvalue weighted by atomic mass is 16.3. The van der Waals surface area contributed by atoms with Crippen molar-refractivity contribution in [3.05, 3.63) is 58.4 Å². The van der Waals surface area contributed by atoms with Gasteiger partial charge in [-0.05, 0) is 44.9 Å². The van der Waals surface area contributed by atoms with Crippen LogP contribution in [0.1, 0.15) is 45.7 Å². The molecule has 3 nitrogen and oxygen atoms in total. The van der Waals surface area contributed by atoms with E-state index in [9.17, 15) is 9.90 Å². The molecule has 0 bridgehead atoms. The standard InChI is InChI=1S/C18H23NO2/c1-5-13(2)19-16(14-9-7-6-8-10-14)12-11-15(17(19)20)18(3,4)21/h6-13,21H,5H2,1-4H3. The fourth-order valence-electron chi connectivity index (χ4n) is 2.48. The van der Waals surface area contributed by atoms with E-state index >= 15 is 0 Å². The fraction of sp³-hybridized carbons (Fsp3) is 0.389. The number of aliphatic hydroxyl groups is 1. The average Bonchev–Trinajstić information content (AvgIpc) is 2.45. The number of rotatable bonds is 4. The summed E-state index contributed by atoms with van der Waals surface area (Å²) >= 11 is 0. The van der Waals surface area contributed by atoms with Crippen LogP contribution >= 0.6 is 0 Å². The summed E-state index contributed by atoms with van der Waals surface area (Å²) < 4.78 is 1.79. The molecule has 0 aliphatic heterocycles. The van der Waals surface area contributed by atoms with E-state index in [1.54, 1.807) is 24.5 Å². The van der Waals surface area contributed by atoms with Gasteiger partial charge < -0.3 is 9.67 Å². The van der Waals surface area contributed by atoms with E-state index in [0.29, 0.717) is 5.56 Å². The van der Waals surface area contributed by atoms with Crippen LogP contribution in [0, 0.1) is 0 Å². The Morgan fingerprint density at radius 3 is 2.29 bits per heavy atom. The molecule has 1 unspecified atom stereocenters. The van der Waals surface area contributed by atoms with E-state index in [1.807, 2.05) is 43.3 Å². The molecule has 0 spiro atoms. The van der Waals surface area contributed by atoms with Crippen molar-refractivity contribution in [1.29, 1.82) is 0 Å². The maximum Gasteiger partial charge on any atom is 0.257 e. The monoisotopic (exact) mass is 285 g/mol. The molecule has 1 aromatic carbocycles. The molecule has 2 aromatic rings. The van der Waals surface area contributed by atoms with Crippen LogP contribution in [0.4, 0.5) is 0 Å². The Morgan fingerprint density at radius 2 is 1.76 bits per heavy atom. The molecular formula is C18H23NO2. The van der Waals surface area contributed by atoms with Crippen molar-refractivity contribution in [3.8, 4) is 11.3 Å². The van der Waals surface area contributed by atoms with Gasteiger partial charge in [-0.3, -0.25) is 4.79 Å². The summed E-state index contributed by atoms with van der Waals surface area (Å²) in [5.74, 6) is 0. The fourth-order valence-corrected chi connectivity index (χ4v) is 2.48. The largest absolute Gasteiger partial charge is 0.386 e. The third kappa shape index (κ3) is 3.08. The highest BCUT2D eigenvalue weighted by Crippen LogP contribution is 2.25. The molecule has 0 aliphatic rings. The SMILES string of the molecule is CCC(C)n1c(-c2ccccc2)ccc(C(C)(C)O)c1=O. The van der Waals surface area contributed by atoms with E-state index in [0.717, 1.165) is 17.7 Å². The molecule has 0 radical (unpaired) electrons. The second kappa shape index (κ2) is 5.86. The number of benzene rings is 1. The summed E-state index contributed by atoms with van der Waals surface area (Å²) in [6.45, 7) is 7.38. The van der Waals surface area contributed by atoms with Gasteiger partial charge in [0.2, 0.25) is 0 Å². The molecule has 21 heavy (non-hydrogen) atoms. The zero-order chi connectivity index (χ0) is 15.6. The highest BCUT2D eigenvalue weighted by Gasteiger charge is 2.23. The molecule has 3 heteroatoms. The predicted octanol–water partition coefficient (Wildman–Crippen LogP) is 3.71. The lowest BCUT2D eigenvalue weighted by Crippen LogP contribution is -2.33. The molecular weight excluding hydrogens is 262 g/mol. The third-order valence-electron chi connectivity index (χ3n) is 3.88. The first-order valence-corrected chi connectivity index (χ1v) is 7.40. The van der Waals surface area contributed by atoms with E-state index < -0.39 is 5.60 Å². The molecule has 0 fully saturated rings. The van der Waals surface area contributed by atoms with Crippen LogP contribution in [0.15, 0.2) is 47.3 Å². The van der Waals surface area contributed by atoms with Crippen molar-refractivity contribution in [3.63, 3.8) is 0 Å². The summed E-state index contributed by atoms with van der Waals surface area (Å²) in [5.41, 5.74) is 1.09. The Morgan fingerprint density at radius 1 is 1.14 bits per heavy atom. The van der Waals surface area contributed by atoms with Crippen molar-refractivity contribution in [2.75, 3.05) is 0 Å². The minimum absolute atomic E-state index is 0.0787. The van der Waals surface area contributed by atoms with Crippen LogP contribution in [0.25, 0.3) is 11.3 Å². The van der Waals surface area contributed by atoms with E-state index in [4.69, 9.17) is 0 Å². The molecule has 1 N–H and O–H groups in total. The number of hydrogen-bond donors (Lipinski definition) is 1. The van der Waals surface area contributed by atoms with Gasteiger partial charge >= 0.3 is 0 Å². The molecule has 0 aliphatic carbocycles. The second-order valence-corrected chi connectivity index (χ2v) is 5.99. The average molecular weight is 285 g/mol. The molecule has 1 heterocycles. The van der Waals surface area contributed by atoms with Crippen molar-refractivity contribution in [2.45, 2.75) is 45.8 Å². The number of aromatic nitrogens is 1. The second-order valence-electron chi connectivity index (χ2n) is 5.99. The summed E-state index contributed by atoms with van der Waals surface area (Å²) in [7, 11) is 0. The van der Waals surface area contributed by atoms with Crippen LogP contribution in [-0.2, 0) is 5.60 Å². The highest BCUT2D eigenvalue weighted by molar-refractivity contribution is 5.60. The van der Waals surface area contributed by atoms with Gasteiger partial charge in [0.1, 0.15) is 0 Å². The molecule has 112 valence electrons. The molecule has 1 atom stereocenters. The van der Waals surface area contributed by atoms with Crippen LogP contribution < -0.4 is 5.56 Å². The quantitative estimate of drug-likeness (QED) is 0.930. The Hall–Kier alpha value is -1.87. The molecule has 1 aromatic heterocycles. The van der Waals surface area contributed by atoms with E-state index in [1.165, 1.54) is 0 Å². The molecule has 0 saturated carbocycles. The van der Waals surface area contributed by atoms with Crippen LogP contribution in [0.2, 0.25) is 0 Å². The van der Waals surface area contributed by atoms with Gasteiger partial charge in [0, 0.05) is 11.6 Å². The molecule has 0 saturated heterocycles. The summed E-state index contributed by atoms with van der Waals surface area (Å²) in [5, 5.41) is 10.2. The zero-order valence-electron chi connectivity index (χ0n) is 13.1. The van der Waals surface area contributed by atoms with E-state index in [2.05, 4.69) is 6.92 Å². The Balaban J connectivity index is 2.74. The third-order valence-corrected chi connectivity index (χ3v) is 3.88. The summed E-state index contributed by atoms with van der Waals surface area (Å²) in [4.78, 5) is 12.8. The lowest BCUT2D eigenvalue weighted by molar-refractivity contribution is 0.0763. The lowest BCUT2D eigenvalue weighted by Gasteiger charge is -2.24. The maximum absolute atomic E-state index is 12.8. The van der Waals surface area contributed by atoms with Gasteiger partial charge in [0.05, 0.1) is 11.3 Å². The minimum atomic E-state index is -1.14. The van der Waals surface area contributed by atoms with Gasteiger partial charge in [0.25, 0.3) is 5.56 Å². The first-order valence-electron chi connectivity index (χ1n) is 7.40. The van der Waals surface area contributed by atoms with Crippen molar-refractivity contribution in [1.82, 2.24) is 4.57 Å². The van der Waals surface area contributed by atoms with Gasteiger partial charge in [-0.25, -0.2) is 0 Å². The predicted molar refractivity (Wildman–Crippen MR) is 86.4 cm³/mol. The van der Waals surface area contributed by atoms with Gasteiger partial charge in [-0.1, -0.05) is 37.3 Å². The molecule has 2 rings (SSSR count). The minimum Gasteiger partial charge on any atom is -0.386 e. The van der Waals surface area contributed by atoms with Gasteiger partial charge in [-0.2, -0.15) is 0 Å². The van der Waals surface area contributed by atoms with Crippen LogP contribution in [0.3, 0.4) is 0 Å². The van der Waals surface area contributed by atoms with Crippen molar-refractivity contribution in [2.24, 2.45) is 0 Å².